The van der Waals surface area contributed by atoms with Crippen molar-refractivity contribution >= 4 is 33.3 Å². The van der Waals surface area contributed by atoms with Gasteiger partial charge in [0.15, 0.2) is 0 Å². The molecule has 0 aliphatic heterocycles. The molecule has 1 aromatic heterocycles. The number of carbonyl (C=O) groups excluding carboxylic acids is 1. The molecule has 5 heteroatoms. The number of nitrogens with zero attached hydrogens (tertiary/aromatic N) is 1. The van der Waals surface area contributed by atoms with Crippen LogP contribution in [-0.2, 0) is 0 Å². The summed E-state index contributed by atoms with van der Waals surface area (Å²) < 4.78 is 0.972. The summed E-state index contributed by atoms with van der Waals surface area (Å²) in [6.07, 6.45) is 0. The van der Waals surface area contributed by atoms with Crippen LogP contribution in [0.1, 0.15) is 28.5 Å². The normalized spacial score (nSPS) is 10.3. The predicted molar refractivity (Wildman–Crippen MR) is 90.0 cm³/mol. The first-order chi connectivity index (χ1) is 10.0. The molecule has 2 rings (SSSR count). The third kappa shape index (κ3) is 3.82. The Kier molecular flexibility index (Phi) is 4.96. The van der Waals surface area contributed by atoms with Crippen LogP contribution < -0.4 is 10.6 Å². The monoisotopic (exact) mass is 347 g/mol. The molecule has 0 saturated carbocycles. The van der Waals surface area contributed by atoms with Gasteiger partial charge in [-0.15, -0.1) is 0 Å². The fraction of sp³-hybridized carbons (Fsp3) is 0.250. The number of nitrogens with one attached hydrogen (secondary N) is 2. The Morgan fingerprint density at radius 1 is 1.29 bits per heavy atom. The molecule has 0 atom stereocenters. The van der Waals surface area contributed by atoms with Crippen LogP contribution in [0.15, 0.2) is 34.8 Å². The lowest BCUT2D eigenvalue weighted by Gasteiger charge is -2.11. The number of rotatable bonds is 4. The summed E-state index contributed by atoms with van der Waals surface area (Å²) in [6, 6.07) is 9.28. The highest BCUT2D eigenvalue weighted by molar-refractivity contribution is 9.10. The molecule has 4 nitrogen and oxygen atoms in total. The van der Waals surface area contributed by atoms with E-state index >= 15 is 0 Å². The molecule has 0 spiro atoms. The molecular formula is C16H18BrN3O. The zero-order chi connectivity index (χ0) is 15.4. The molecule has 0 unspecified atom stereocenters. The molecule has 1 heterocycles. The molecule has 0 radical (unpaired) electrons. The Morgan fingerprint density at radius 3 is 2.76 bits per heavy atom. The first-order valence-electron chi connectivity index (χ1n) is 6.80. The average Bonchev–Trinajstić information content (AvgIpc) is 2.43. The summed E-state index contributed by atoms with van der Waals surface area (Å²) in [6.45, 7) is 6.60. The SMILES string of the molecule is CCNc1cc(C(=O)Nc2cccc(Br)c2C)cc(C)n1. The second kappa shape index (κ2) is 6.72. The molecule has 2 aromatic rings. The largest absolute Gasteiger partial charge is 0.370 e. The minimum Gasteiger partial charge on any atom is -0.370 e. The zero-order valence-electron chi connectivity index (χ0n) is 12.3. The molecule has 1 aromatic carbocycles. The van der Waals surface area contributed by atoms with E-state index in [1.807, 2.05) is 39.0 Å². The number of amides is 1. The van der Waals surface area contributed by atoms with Crippen LogP contribution >= 0.6 is 15.9 Å². The summed E-state index contributed by atoms with van der Waals surface area (Å²) >= 11 is 3.46. The summed E-state index contributed by atoms with van der Waals surface area (Å²) in [5, 5.41) is 6.07. The van der Waals surface area contributed by atoms with E-state index in [1.54, 1.807) is 12.1 Å². The molecular weight excluding hydrogens is 330 g/mol. The third-order valence-corrected chi connectivity index (χ3v) is 3.95. The van der Waals surface area contributed by atoms with Gasteiger partial charge in [0.1, 0.15) is 5.82 Å². The van der Waals surface area contributed by atoms with Crippen LogP contribution in [0, 0.1) is 13.8 Å². The van der Waals surface area contributed by atoms with Crippen molar-refractivity contribution in [2.24, 2.45) is 0 Å². The van der Waals surface area contributed by atoms with E-state index in [-0.39, 0.29) is 5.91 Å². The number of hydrogen-bond donors (Lipinski definition) is 2. The fourth-order valence-corrected chi connectivity index (χ4v) is 2.37. The van der Waals surface area contributed by atoms with Crippen molar-refractivity contribution < 1.29 is 4.79 Å². The van der Waals surface area contributed by atoms with Crippen molar-refractivity contribution in [2.75, 3.05) is 17.2 Å². The number of halogens is 1. The minimum absolute atomic E-state index is 0.138. The van der Waals surface area contributed by atoms with E-state index < -0.39 is 0 Å². The van der Waals surface area contributed by atoms with Crippen molar-refractivity contribution in [2.45, 2.75) is 20.8 Å². The van der Waals surface area contributed by atoms with Crippen molar-refractivity contribution in [1.82, 2.24) is 4.98 Å². The van der Waals surface area contributed by atoms with Crippen LogP contribution in [0.5, 0.6) is 0 Å². The maximum Gasteiger partial charge on any atom is 0.255 e. The molecule has 2 N–H and O–H groups in total. The molecule has 0 aliphatic rings. The quantitative estimate of drug-likeness (QED) is 0.873. The van der Waals surface area contributed by atoms with Crippen molar-refractivity contribution in [3.05, 3.63) is 51.6 Å². The van der Waals surface area contributed by atoms with Gasteiger partial charge in [0, 0.05) is 28.0 Å². The first kappa shape index (κ1) is 15.5. The van der Waals surface area contributed by atoms with Gasteiger partial charge < -0.3 is 10.6 Å². The van der Waals surface area contributed by atoms with Gasteiger partial charge in [-0.3, -0.25) is 4.79 Å². The van der Waals surface area contributed by atoms with Crippen molar-refractivity contribution in [3.8, 4) is 0 Å². The van der Waals surface area contributed by atoms with E-state index in [9.17, 15) is 4.79 Å². The maximum atomic E-state index is 12.4. The van der Waals surface area contributed by atoms with E-state index in [2.05, 4.69) is 31.5 Å². The number of benzene rings is 1. The minimum atomic E-state index is -0.138. The maximum absolute atomic E-state index is 12.4. The Morgan fingerprint density at radius 2 is 2.05 bits per heavy atom. The number of aryl methyl sites for hydroxylation is 1. The van der Waals surface area contributed by atoms with Crippen LogP contribution in [0.2, 0.25) is 0 Å². The Balaban J connectivity index is 2.26. The highest BCUT2D eigenvalue weighted by Gasteiger charge is 2.11. The third-order valence-electron chi connectivity index (χ3n) is 3.09. The van der Waals surface area contributed by atoms with Gasteiger partial charge in [-0.05, 0) is 50.6 Å². The second-order valence-electron chi connectivity index (χ2n) is 4.78. The lowest BCUT2D eigenvalue weighted by atomic mass is 10.1. The van der Waals surface area contributed by atoms with Gasteiger partial charge >= 0.3 is 0 Å². The lowest BCUT2D eigenvalue weighted by molar-refractivity contribution is 0.102. The van der Waals surface area contributed by atoms with Crippen LogP contribution in [0.4, 0.5) is 11.5 Å². The Labute approximate surface area is 133 Å². The molecule has 1 amide bonds. The number of aromatic nitrogens is 1. The van der Waals surface area contributed by atoms with E-state index in [1.165, 1.54) is 0 Å². The van der Waals surface area contributed by atoms with E-state index in [0.717, 1.165) is 28.0 Å². The van der Waals surface area contributed by atoms with Crippen LogP contribution in [0.25, 0.3) is 0 Å². The van der Waals surface area contributed by atoms with E-state index in [0.29, 0.717) is 11.4 Å². The van der Waals surface area contributed by atoms with Gasteiger partial charge in [0.25, 0.3) is 5.91 Å². The van der Waals surface area contributed by atoms with Gasteiger partial charge in [-0.25, -0.2) is 4.98 Å². The van der Waals surface area contributed by atoms with E-state index in [4.69, 9.17) is 0 Å². The Bertz CT molecular complexity index is 671. The van der Waals surface area contributed by atoms with Gasteiger partial charge in [-0.1, -0.05) is 22.0 Å². The smallest absolute Gasteiger partial charge is 0.255 e. The van der Waals surface area contributed by atoms with Gasteiger partial charge in [0.2, 0.25) is 0 Å². The average molecular weight is 348 g/mol. The predicted octanol–water partition coefficient (Wildman–Crippen LogP) is 4.15. The first-order valence-corrected chi connectivity index (χ1v) is 7.59. The summed E-state index contributed by atoms with van der Waals surface area (Å²) in [4.78, 5) is 16.8. The standard InChI is InChI=1S/C16H18BrN3O/c1-4-18-15-9-12(8-10(2)19-15)16(21)20-14-7-5-6-13(17)11(14)3/h5-9H,4H2,1-3H3,(H,18,19)(H,20,21). The fourth-order valence-electron chi connectivity index (χ4n) is 2.01. The highest BCUT2D eigenvalue weighted by atomic mass is 79.9. The topological polar surface area (TPSA) is 54.0 Å². The molecule has 21 heavy (non-hydrogen) atoms. The van der Waals surface area contributed by atoms with Gasteiger partial charge in [0.05, 0.1) is 0 Å². The molecule has 110 valence electrons. The van der Waals surface area contributed by atoms with Crippen LogP contribution in [0.3, 0.4) is 0 Å². The Hall–Kier alpha value is -1.88. The summed E-state index contributed by atoms with van der Waals surface area (Å²) in [7, 11) is 0. The number of anilines is 2. The number of carbonyl (C=O) groups is 1. The van der Waals surface area contributed by atoms with Gasteiger partial charge in [-0.2, -0.15) is 0 Å². The summed E-state index contributed by atoms with van der Waals surface area (Å²) in [5.41, 5.74) is 3.21. The van der Waals surface area contributed by atoms with Crippen molar-refractivity contribution in [3.63, 3.8) is 0 Å². The number of pyridine rings is 1. The number of hydrogen-bond acceptors (Lipinski definition) is 3. The molecule has 0 aliphatic carbocycles. The summed E-state index contributed by atoms with van der Waals surface area (Å²) in [5.74, 6) is 0.578. The lowest BCUT2D eigenvalue weighted by Crippen LogP contribution is -2.14. The van der Waals surface area contributed by atoms with Crippen LogP contribution in [-0.4, -0.2) is 17.4 Å². The highest BCUT2D eigenvalue weighted by Crippen LogP contribution is 2.24. The molecule has 0 bridgehead atoms. The van der Waals surface area contributed by atoms with Crippen molar-refractivity contribution in [1.29, 1.82) is 0 Å². The molecule has 0 saturated heterocycles. The second-order valence-corrected chi connectivity index (χ2v) is 5.63. The zero-order valence-corrected chi connectivity index (χ0v) is 13.9. The molecule has 0 fully saturated rings.